The maximum atomic E-state index is 4.73. The summed E-state index contributed by atoms with van der Waals surface area (Å²) in [5.74, 6) is 0. The summed E-state index contributed by atoms with van der Waals surface area (Å²) in [6, 6.07) is 10.8. The first kappa shape index (κ1) is 12.1. The summed E-state index contributed by atoms with van der Waals surface area (Å²) < 4.78 is 0. The number of hydrogen-bond acceptors (Lipinski definition) is 2. The van der Waals surface area contributed by atoms with E-state index < -0.39 is 0 Å². The van der Waals surface area contributed by atoms with Gasteiger partial charge in [-0.25, -0.2) is 0 Å². The Bertz CT molecular complexity index is 505. The van der Waals surface area contributed by atoms with E-state index in [1.165, 1.54) is 10.9 Å². The summed E-state index contributed by atoms with van der Waals surface area (Å²) in [4.78, 5) is 4.73. The molecule has 1 heterocycles. The van der Waals surface area contributed by atoms with Crippen LogP contribution >= 0.6 is 0 Å². The van der Waals surface area contributed by atoms with Crippen LogP contribution in [0.5, 0.6) is 0 Å². The van der Waals surface area contributed by atoms with Gasteiger partial charge in [0.1, 0.15) is 0 Å². The average molecular weight is 228 g/mol. The molecule has 0 saturated carbocycles. The van der Waals surface area contributed by atoms with E-state index in [-0.39, 0.29) is 0 Å². The molecule has 2 rings (SSSR count). The van der Waals surface area contributed by atoms with Crippen LogP contribution in [0.2, 0.25) is 0 Å². The zero-order valence-corrected chi connectivity index (χ0v) is 10.8. The minimum Gasteiger partial charge on any atom is -0.309 e. The summed E-state index contributed by atoms with van der Waals surface area (Å²) in [6.45, 7) is 7.54. The van der Waals surface area contributed by atoms with Crippen LogP contribution in [0, 0.1) is 6.92 Å². The molecule has 0 amide bonds. The molecule has 1 aromatic heterocycles. The number of aromatic nitrogens is 1. The highest BCUT2D eigenvalue weighted by molar-refractivity contribution is 5.82. The van der Waals surface area contributed by atoms with Gasteiger partial charge in [-0.15, -0.1) is 0 Å². The van der Waals surface area contributed by atoms with Crippen LogP contribution in [0.4, 0.5) is 0 Å². The number of nitrogens with zero attached hydrogens (tertiary/aromatic N) is 1. The van der Waals surface area contributed by atoms with Crippen LogP contribution in [0.1, 0.15) is 37.6 Å². The number of hydrogen-bond donors (Lipinski definition) is 1. The first-order valence-corrected chi connectivity index (χ1v) is 6.32. The van der Waals surface area contributed by atoms with Crippen molar-refractivity contribution in [1.29, 1.82) is 0 Å². The van der Waals surface area contributed by atoms with Gasteiger partial charge in [0.15, 0.2) is 0 Å². The molecule has 0 bridgehead atoms. The number of para-hydroxylation sites is 1. The molecule has 2 nitrogen and oxygen atoms in total. The molecule has 0 aliphatic carbocycles. The lowest BCUT2D eigenvalue weighted by molar-refractivity contribution is 0.560. The number of benzene rings is 1. The highest BCUT2D eigenvalue weighted by atomic mass is 14.9. The molecule has 17 heavy (non-hydrogen) atoms. The van der Waals surface area contributed by atoms with Crippen molar-refractivity contribution in [2.45, 2.75) is 33.2 Å². The highest BCUT2D eigenvalue weighted by Gasteiger charge is 2.08. The molecule has 1 aromatic carbocycles. The third-order valence-electron chi connectivity index (χ3n) is 3.09. The molecule has 2 aromatic rings. The van der Waals surface area contributed by atoms with Crippen LogP contribution in [0.15, 0.2) is 30.3 Å². The number of pyridine rings is 1. The Morgan fingerprint density at radius 2 is 2.06 bits per heavy atom. The van der Waals surface area contributed by atoms with Crippen LogP contribution in [0.25, 0.3) is 10.9 Å². The quantitative estimate of drug-likeness (QED) is 0.864. The van der Waals surface area contributed by atoms with Crippen LogP contribution < -0.4 is 5.32 Å². The third kappa shape index (κ3) is 2.64. The molecule has 0 radical (unpaired) electrons. The minimum atomic E-state index is 0.318. The molecule has 0 saturated heterocycles. The average Bonchev–Trinajstić information content (AvgIpc) is 2.36. The molecular formula is C15H20N2. The van der Waals surface area contributed by atoms with Gasteiger partial charge >= 0.3 is 0 Å². The molecule has 0 spiro atoms. The Morgan fingerprint density at radius 1 is 1.29 bits per heavy atom. The molecule has 0 aliphatic heterocycles. The molecule has 0 aliphatic rings. The zero-order chi connectivity index (χ0) is 12.3. The number of aryl methyl sites for hydroxylation is 1. The molecule has 2 heteroatoms. The van der Waals surface area contributed by atoms with E-state index in [1.54, 1.807) is 0 Å². The van der Waals surface area contributed by atoms with Gasteiger partial charge in [0.25, 0.3) is 0 Å². The Morgan fingerprint density at radius 3 is 2.82 bits per heavy atom. The molecular weight excluding hydrogens is 208 g/mol. The van der Waals surface area contributed by atoms with Crippen molar-refractivity contribution in [1.82, 2.24) is 10.3 Å². The third-order valence-corrected chi connectivity index (χ3v) is 3.09. The smallest absolute Gasteiger partial charge is 0.0708 e. The fraction of sp³-hybridized carbons (Fsp3) is 0.400. The monoisotopic (exact) mass is 228 g/mol. The molecule has 1 unspecified atom stereocenters. The Labute approximate surface area is 103 Å². The Hall–Kier alpha value is -1.41. The van der Waals surface area contributed by atoms with Crippen molar-refractivity contribution < 1.29 is 0 Å². The van der Waals surface area contributed by atoms with Gasteiger partial charge < -0.3 is 5.32 Å². The minimum absolute atomic E-state index is 0.318. The van der Waals surface area contributed by atoms with Gasteiger partial charge in [0.05, 0.1) is 11.2 Å². The lowest BCUT2D eigenvalue weighted by Crippen LogP contribution is -2.20. The first-order chi connectivity index (χ1) is 8.22. The Balaban J connectivity index is 2.36. The van der Waals surface area contributed by atoms with Gasteiger partial charge in [-0.05, 0) is 44.5 Å². The fourth-order valence-electron chi connectivity index (χ4n) is 2.06. The summed E-state index contributed by atoms with van der Waals surface area (Å²) in [5.41, 5.74) is 3.53. The lowest BCUT2D eigenvalue weighted by Gasteiger charge is -2.14. The SMILES string of the molecule is CCCNC(C)c1cc(C)c2ccccc2n1. The van der Waals surface area contributed by atoms with Crippen molar-refractivity contribution in [3.63, 3.8) is 0 Å². The van der Waals surface area contributed by atoms with Crippen molar-refractivity contribution >= 4 is 10.9 Å². The number of fused-ring (bicyclic) bond motifs is 1. The molecule has 0 fully saturated rings. The molecule has 90 valence electrons. The van der Waals surface area contributed by atoms with E-state index in [4.69, 9.17) is 4.98 Å². The zero-order valence-electron chi connectivity index (χ0n) is 10.8. The second-order valence-electron chi connectivity index (χ2n) is 4.56. The lowest BCUT2D eigenvalue weighted by atomic mass is 10.1. The van der Waals surface area contributed by atoms with Crippen molar-refractivity contribution in [3.05, 3.63) is 41.6 Å². The fourth-order valence-corrected chi connectivity index (χ4v) is 2.06. The van der Waals surface area contributed by atoms with Crippen molar-refractivity contribution in [2.75, 3.05) is 6.54 Å². The van der Waals surface area contributed by atoms with E-state index in [0.29, 0.717) is 6.04 Å². The predicted molar refractivity (Wildman–Crippen MR) is 73.2 cm³/mol. The van der Waals surface area contributed by atoms with E-state index in [2.05, 4.69) is 50.4 Å². The molecule has 1 atom stereocenters. The van der Waals surface area contributed by atoms with Gasteiger partial charge in [0, 0.05) is 11.4 Å². The second-order valence-corrected chi connectivity index (χ2v) is 4.56. The van der Waals surface area contributed by atoms with Gasteiger partial charge in [-0.3, -0.25) is 4.98 Å². The van der Waals surface area contributed by atoms with Crippen LogP contribution in [-0.4, -0.2) is 11.5 Å². The molecule has 1 N–H and O–H groups in total. The van der Waals surface area contributed by atoms with Gasteiger partial charge in [0.2, 0.25) is 0 Å². The number of nitrogens with one attached hydrogen (secondary N) is 1. The van der Waals surface area contributed by atoms with E-state index in [1.807, 2.05) is 6.07 Å². The normalized spacial score (nSPS) is 12.9. The first-order valence-electron chi connectivity index (χ1n) is 6.32. The topological polar surface area (TPSA) is 24.9 Å². The van der Waals surface area contributed by atoms with Crippen molar-refractivity contribution in [3.8, 4) is 0 Å². The Kier molecular flexibility index (Phi) is 3.75. The standard InChI is InChI=1S/C15H20N2/c1-4-9-16-12(3)15-10-11(2)13-7-5-6-8-14(13)17-15/h5-8,10,12,16H,4,9H2,1-3H3. The van der Waals surface area contributed by atoms with Gasteiger partial charge in [-0.1, -0.05) is 25.1 Å². The predicted octanol–water partition coefficient (Wildman–Crippen LogP) is 3.60. The largest absolute Gasteiger partial charge is 0.309 e. The van der Waals surface area contributed by atoms with Crippen LogP contribution in [-0.2, 0) is 0 Å². The van der Waals surface area contributed by atoms with Gasteiger partial charge in [-0.2, -0.15) is 0 Å². The maximum absolute atomic E-state index is 4.73. The summed E-state index contributed by atoms with van der Waals surface area (Å²) in [7, 11) is 0. The van der Waals surface area contributed by atoms with E-state index >= 15 is 0 Å². The van der Waals surface area contributed by atoms with E-state index in [9.17, 15) is 0 Å². The number of rotatable bonds is 4. The highest BCUT2D eigenvalue weighted by Crippen LogP contribution is 2.20. The summed E-state index contributed by atoms with van der Waals surface area (Å²) in [5, 5.41) is 4.73. The second kappa shape index (κ2) is 5.28. The van der Waals surface area contributed by atoms with Crippen LogP contribution in [0.3, 0.4) is 0 Å². The van der Waals surface area contributed by atoms with Crippen molar-refractivity contribution in [2.24, 2.45) is 0 Å². The van der Waals surface area contributed by atoms with E-state index in [0.717, 1.165) is 24.2 Å². The summed E-state index contributed by atoms with van der Waals surface area (Å²) in [6.07, 6.45) is 1.15. The summed E-state index contributed by atoms with van der Waals surface area (Å²) >= 11 is 0. The maximum Gasteiger partial charge on any atom is 0.0708 e.